The molecule has 0 radical (unpaired) electrons. The highest BCUT2D eigenvalue weighted by Gasteiger charge is 2.27. The number of amides is 3. The van der Waals surface area contributed by atoms with E-state index in [9.17, 15) is 9.59 Å². The maximum absolute atomic E-state index is 12.3. The minimum absolute atomic E-state index is 0.0171. The van der Waals surface area contributed by atoms with Gasteiger partial charge in [-0.15, -0.1) is 0 Å². The Morgan fingerprint density at radius 2 is 1.77 bits per heavy atom. The fourth-order valence-corrected chi connectivity index (χ4v) is 2.92. The number of nitrogens with one attached hydrogen (secondary N) is 1. The van der Waals surface area contributed by atoms with Crippen LogP contribution in [0.15, 0.2) is 0 Å². The van der Waals surface area contributed by atoms with Crippen LogP contribution in [0.1, 0.15) is 20.3 Å². The van der Waals surface area contributed by atoms with Gasteiger partial charge in [0.15, 0.2) is 0 Å². The predicted octanol–water partition coefficient (Wildman–Crippen LogP) is -0.0291. The van der Waals surface area contributed by atoms with Gasteiger partial charge in [-0.2, -0.15) is 0 Å². The summed E-state index contributed by atoms with van der Waals surface area (Å²) < 4.78 is 5.58. The molecule has 7 nitrogen and oxygen atoms in total. The van der Waals surface area contributed by atoms with E-state index in [2.05, 4.69) is 5.32 Å². The monoisotopic (exact) mass is 312 g/mol. The summed E-state index contributed by atoms with van der Waals surface area (Å²) >= 11 is 0. The summed E-state index contributed by atoms with van der Waals surface area (Å²) in [5.74, 6) is 0.128. The number of urea groups is 1. The Hall–Kier alpha value is -1.34. The maximum Gasteiger partial charge on any atom is 0.320 e. The van der Waals surface area contributed by atoms with Crippen molar-refractivity contribution in [1.82, 2.24) is 20.0 Å². The summed E-state index contributed by atoms with van der Waals surface area (Å²) in [6.45, 7) is 10.2. The van der Waals surface area contributed by atoms with Crippen molar-refractivity contribution in [3.8, 4) is 0 Å². The standard InChI is InChI=1S/C15H28N4O3/c1-3-17(4-2)15(21)19-8-6-18(7-9-19)14(20)11-13-12-16-5-10-22-13/h13,16H,3-12H2,1-2H3. The fourth-order valence-electron chi connectivity index (χ4n) is 2.92. The van der Waals surface area contributed by atoms with E-state index in [1.807, 2.05) is 28.5 Å². The van der Waals surface area contributed by atoms with Gasteiger partial charge in [-0.25, -0.2) is 4.79 Å². The van der Waals surface area contributed by atoms with E-state index < -0.39 is 0 Å². The molecule has 0 bridgehead atoms. The molecule has 0 aromatic carbocycles. The first kappa shape index (κ1) is 17.0. The molecule has 0 aromatic heterocycles. The van der Waals surface area contributed by atoms with Crippen molar-refractivity contribution < 1.29 is 14.3 Å². The molecule has 0 aliphatic carbocycles. The van der Waals surface area contributed by atoms with Crippen molar-refractivity contribution in [3.63, 3.8) is 0 Å². The molecule has 2 aliphatic rings. The zero-order chi connectivity index (χ0) is 15.9. The Kier molecular flexibility index (Phi) is 6.45. The van der Waals surface area contributed by atoms with Crippen molar-refractivity contribution in [2.45, 2.75) is 26.4 Å². The molecule has 2 fully saturated rings. The molecule has 1 N–H and O–H groups in total. The molecule has 3 amide bonds. The smallest absolute Gasteiger partial charge is 0.320 e. The van der Waals surface area contributed by atoms with Crippen LogP contribution in [0.2, 0.25) is 0 Å². The highest BCUT2D eigenvalue weighted by Crippen LogP contribution is 2.10. The number of ether oxygens (including phenoxy) is 1. The molecular formula is C15H28N4O3. The molecule has 7 heteroatoms. The lowest BCUT2D eigenvalue weighted by Gasteiger charge is -2.37. The molecule has 2 rings (SSSR count). The van der Waals surface area contributed by atoms with E-state index in [-0.39, 0.29) is 18.0 Å². The average molecular weight is 312 g/mol. The molecular weight excluding hydrogens is 284 g/mol. The highest BCUT2D eigenvalue weighted by atomic mass is 16.5. The molecule has 0 saturated carbocycles. The van der Waals surface area contributed by atoms with Crippen LogP contribution in [0, 0.1) is 0 Å². The van der Waals surface area contributed by atoms with Crippen LogP contribution in [0.4, 0.5) is 4.79 Å². The lowest BCUT2D eigenvalue weighted by atomic mass is 10.2. The van der Waals surface area contributed by atoms with Crippen LogP contribution in [-0.4, -0.2) is 91.7 Å². The largest absolute Gasteiger partial charge is 0.375 e. The molecule has 2 aliphatic heterocycles. The summed E-state index contributed by atoms with van der Waals surface area (Å²) in [4.78, 5) is 30.1. The predicted molar refractivity (Wildman–Crippen MR) is 83.7 cm³/mol. The van der Waals surface area contributed by atoms with Crippen molar-refractivity contribution in [2.24, 2.45) is 0 Å². The fraction of sp³-hybridized carbons (Fsp3) is 0.867. The molecule has 2 heterocycles. The van der Waals surface area contributed by atoms with Crippen molar-refractivity contribution in [3.05, 3.63) is 0 Å². The van der Waals surface area contributed by atoms with Gasteiger partial charge in [0.05, 0.1) is 19.1 Å². The maximum atomic E-state index is 12.3. The Bertz CT molecular complexity index is 373. The van der Waals surface area contributed by atoms with E-state index >= 15 is 0 Å². The molecule has 0 aromatic rings. The number of nitrogens with zero attached hydrogens (tertiary/aromatic N) is 3. The van der Waals surface area contributed by atoms with E-state index in [0.717, 1.165) is 26.2 Å². The van der Waals surface area contributed by atoms with Gasteiger partial charge in [-0.1, -0.05) is 0 Å². The first-order valence-electron chi connectivity index (χ1n) is 8.29. The number of carbonyl (C=O) groups is 2. The lowest BCUT2D eigenvalue weighted by Crippen LogP contribution is -2.54. The van der Waals surface area contributed by atoms with Crippen LogP contribution in [0.5, 0.6) is 0 Å². The first-order chi connectivity index (χ1) is 10.7. The summed E-state index contributed by atoms with van der Waals surface area (Å²) in [6, 6.07) is 0.0805. The van der Waals surface area contributed by atoms with Crippen LogP contribution in [0.25, 0.3) is 0 Å². The van der Waals surface area contributed by atoms with Gasteiger partial charge >= 0.3 is 6.03 Å². The summed E-state index contributed by atoms with van der Waals surface area (Å²) in [7, 11) is 0. The van der Waals surface area contributed by atoms with Crippen molar-refractivity contribution >= 4 is 11.9 Å². The number of morpholine rings is 1. The second-order valence-electron chi connectivity index (χ2n) is 5.72. The summed E-state index contributed by atoms with van der Waals surface area (Å²) in [6.07, 6.45) is 0.411. The van der Waals surface area contributed by atoms with Crippen molar-refractivity contribution in [1.29, 1.82) is 0 Å². The minimum atomic E-state index is -0.0171. The SMILES string of the molecule is CCN(CC)C(=O)N1CCN(C(=O)CC2CNCCO2)CC1. The van der Waals surface area contributed by atoms with Gasteiger partial charge in [0.25, 0.3) is 0 Å². The third kappa shape index (κ3) is 4.33. The Balaban J connectivity index is 1.76. The van der Waals surface area contributed by atoms with Crippen LogP contribution in [-0.2, 0) is 9.53 Å². The molecule has 0 spiro atoms. The van der Waals surface area contributed by atoms with Gasteiger partial charge in [0.2, 0.25) is 5.91 Å². The molecule has 126 valence electrons. The minimum Gasteiger partial charge on any atom is -0.375 e. The van der Waals surface area contributed by atoms with Crippen LogP contribution in [0.3, 0.4) is 0 Å². The normalized spacial score (nSPS) is 22.5. The lowest BCUT2D eigenvalue weighted by molar-refractivity contribution is -0.136. The Morgan fingerprint density at radius 1 is 1.14 bits per heavy atom. The number of piperazine rings is 1. The quantitative estimate of drug-likeness (QED) is 0.792. The zero-order valence-corrected chi connectivity index (χ0v) is 13.7. The highest BCUT2D eigenvalue weighted by molar-refractivity contribution is 5.78. The number of hydrogen-bond donors (Lipinski definition) is 1. The third-order valence-electron chi connectivity index (χ3n) is 4.34. The van der Waals surface area contributed by atoms with E-state index in [0.29, 0.717) is 39.2 Å². The number of hydrogen-bond acceptors (Lipinski definition) is 4. The molecule has 2 saturated heterocycles. The van der Waals surface area contributed by atoms with E-state index in [1.54, 1.807) is 0 Å². The second-order valence-corrected chi connectivity index (χ2v) is 5.72. The van der Waals surface area contributed by atoms with Crippen molar-refractivity contribution in [2.75, 3.05) is 59.0 Å². The zero-order valence-electron chi connectivity index (χ0n) is 13.7. The van der Waals surface area contributed by atoms with Gasteiger partial charge in [-0.05, 0) is 13.8 Å². The number of carbonyl (C=O) groups excluding carboxylic acids is 2. The topological polar surface area (TPSA) is 65.1 Å². The van der Waals surface area contributed by atoms with Gasteiger partial charge in [0.1, 0.15) is 0 Å². The van der Waals surface area contributed by atoms with Gasteiger partial charge in [-0.3, -0.25) is 4.79 Å². The van der Waals surface area contributed by atoms with E-state index in [4.69, 9.17) is 4.74 Å². The Labute approximate surface area is 132 Å². The third-order valence-corrected chi connectivity index (χ3v) is 4.34. The van der Waals surface area contributed by atoms with Crippen LogP contribution < -0.4 is 5.32 Å². The van der Waals surface area contributed by atoms with Gasteiger partial charge in [0, 0.05) is 52.4 Å². The molecule has 22 heavy (non-hydrogen) atoms. The van der Waals surface area contributed by atoms with Gasteiger partial charge < -0.3 is 24.8 Å². The van der Waals surface area contributed by atoms with E-state index in [1.165, 1.54) is 0 Å². The first-order valence-corrected chi connectivity index (χ1v) is 8.29. The Morgan fingerprint density at radius 3 is 2.32 bits per heavy atom. The second kappa shape index (κ2) is 8.33. The summed E-state index contributed by atoms with van der Waals surface area (Å²) in [5.41, 5.74) is 0. The summed E-state index contributed by atoms with van der Waals surface area (Å²) in [5, 5.41) is 3.24. The van der Waals surface area contributed by atoms with Crippen LogP contribution >= 0.6 is 0 Å². The molecule has 1 atom stereocenters. The molecule has 1 unspecified atom stereocenters. The number of rotatable bonds is 4. The average Bonchev–Trinajstić information content (AvgIpc) is 2.57.